The average Bonchev–Trinajstić information content (AvgIpc) is 3.22. The highest BCUT2D eigenvalue weighted by molar-refractivity contribution is 7.01. The van der Waals surface area contributed by atoms with Crippen LogP contribution in [0.15, 0.2) is 78.9 Å². The topological polar surface area (TPSA) is 4.93 Å². The van der Waals surface area contributed by atoms with Gasteiger partial charge >= 0.3 is 0 Å². The van der Waals surface area contributed by atoms with E-state index in [4.69, 9.17) is 0 Å². The van der Waals surface area contributed by atoms with Gasteiger partial charge in [-0.1, -0.05) is 78.3 Å². The number of hydrogen-bond acceptors (Lipinski definition) is 0. The minimum Gasteiger partial charge on any atom is -0.310 e. The van der Waals surface area contributed by atoms with Crippen molar-refractivity contribution in [3.05, 3.63) is 84.4 Å². The fraction of sp³-hybridized carbons (Fsp3) is 0.0400. The Hall–Kier alpha value is -3.26. The van der Waals surface area contributed by atoms with Crippen LogP contribution >= 0.6 is 0 Å². The summed E-state index contributed by atoms with van der Waals surface area (Å²) in [5, 5.41) is 2.71. The SMILES string of the molecule is Cc1ccc2c3c1-n1c4ccccc4c4cccc(c41)B3c1ccccc1-2. The molecule has 0 saturated carbocycles. The molecule has 2 heteroatoms. The molecule has 0 fully saturated rings. The van der Waals surface area contributed by atoms with Crippen LogP contribution in [0.1, 0.15) is 5.56 Å². The molecule has 0 N–H and O–H groups in total. The Balaban J connectivity index is 1.81. The van der Waals surface area contributed by atoms with E-state index in [2.05, 4.69) is 90.4 Å². The number of aromatic nitrogens is 1. The molecule has 0 aliphatic carbocycles. The predicted molar refractivity (Wildman–Crippen MR) is 116 cm³/mol. The third-order valence-electron chi connectivity index (χ3n) is 6.53. The zero-order valence-electron chi connectivity index (χ0n) is 15.0. The maximum atomic E-state index is 2.52. The minimum atomic E-state index is 0.339. The summed E-state index contributed by atoms with van der Waals surface area (Å²) in [4.78, 5) is 0. The molecule has 4 aromatic carbocycles. The van der Waals surface area contributed by atoms with Crippen LogP contribution in [0.2, 0.25) is 0 Å². The van der Waals surface area contributed by atoms with E-state index in [-0.39, 0.29) is 0 Å². The number of fused-ring (bicyclic) bond motifs is 8. The summed E-state index contributed by atoms with van der Waals surface area (Å²) in [5.74, 6) is 0. The third-order valence-corrected chi connectivity index (χ3v) is 6.53. The molecule has 0 atom stereocenters. The first-order valence-electron chi connectivity index (χ1n) is 9.60. The predicted octanol–water partition coefficient (Wildman–Crippen LogP) is 3.90. The van der Waals surface area contributed by atoms with Crippen molar-refractivity contribution < 1.29 is 0 Å². The molecule has 0 radical (unpaired) electrons. The molecule has 0 unspecified atom stereocenters. The lowest BCUT2D eigenvalue weighted by Crippen LogP contribution is -2.53. The number of hydrogen-bond donors (Lipinski definition) is 0. The summed E-state index contributed by atoms with van der Waals surface area (Å²) in [5.41, 5.74) is 12.6. The zero-order chi connectivity index (χ0) is 17.7. The molecule has 0 saturated heterocycles. The van der Waals surface area contributed by atoms with Gasteiger partial charge in [-0.25, -0.2) is 0 Å². The van der Waals surface area contributed by atoms with Crippen LogP contribution in [0.4, 0.5) is 0 Å². The number of nitrogens with zero attached hydrogens (tertiary/aromatic N) is 1. The fourth-order valence-electron chi connectivity index (χ4n) is 5.52. The van der Waals surface area contributed by atoms with Gasteiger partial charge in [0.15, 0.2) is 0 Å². The van der Waals surface area contributed by atoms with Gasteiger partial charge in [0.05, 0.1) is 5.52 Å². The lowest BCUT2D eigenvalue weighted by Gasteiger charge is -2.26. The van der Waals surface area contributed by atoms with Crippen molar-refractivity contribution in [2.45, 2.75) is 6.92 Å². The fourth-order valence-corrected chi connectivity index (χ4v) is 5.52. The molecule has 27 heavy (non-hydrogen) atoms. The molecule has 0 bridgehead atoms. The van der Waals surface area contributed by atoms with Gasteiger partial charge in [-0.15, -0.1) is 0 Å². The monoisotopic (exact) mass is 341 g/mol. The van der Waals surface area contributed by atoms with Gasteiger partial charge in [0, 0.05) is 22.0 Å². The first-order valence-corrected chi connectivity index (χ1v) is 9.60. The molecule has 2 aliphatic heterocycles. The van der Waals surface area contributed by atoms with Gasteiger partial charge in [-0.05, 0) is 40.6 Å². The summed E-state index contributed by atoms with van der Waals surface area (Å²) < 4.78 is 2.52. The summed E-state index contributed by atoms with van der Waals surface area (Å²) in [6, 6.07) is 29.2. The maximum Gasteiger partial charge on any atom is 0.248 e. The number of benzene rings is 4. The lowest BCUT2D eigenvalue weighted by atomic mass is 9.37. The Morgan fingerprint density at radius 3 is 2.41 bits per heavy atom. The van der Waals surface area contributed by atoms with E-state index in [9.17, 15) is 0 Å². The summed E-state index contributed by atoms with van der Waals surface area (Å²) >= 11 is 0. The van der Waals surface area contributed by atoms with Crippen molar-refractivity contribution in [2.75, 3.05) is 0 Å². The first-order chi connectivity index (χ1) is 13.3. The highest BCUT2D eigenvalue weighted by Crippen LogP contribution is 2.37. The zero-order valence-corrected chi connectivity index (χ0v) is 15.0. The molecule has 1 aromatic heterocycles. The minimum absolute atomic E-state index is 0.339. The lowest BCUT2D eigenvalue weighted by molar-refractivity contribution is 1.16. The largest absolute Gasteiger partial charge is 0.310 e. The number of aryl methyl sites for hydroxylation is 1. The number of para-hydroxylation sites is 2. The molecular weight excluding hydrogens is 325 g/mol. The summed E-state index contributed by atoms with van der Waals surface area (Å²) in [6.07, 6.45) is 0. The van der Waals surface area contributed by atoms with E-state index in [0.717, 1.165) is 0 Å². The Morgan fingerprint density at radius 2 is 1.44 bits per heavy atom. The van der Waals surface area contributed by atoms with Crippen molar-refractivity contribution in [3.63, 3.8) is 0 Å². The standard InChI is InChI=1S/C25H16BN/c1-15-13-14-18-16-7-2-4-10-20(16)26-21-11-6-9-19-17-8-3-5-12-22(17)27(25(19)21)24(15)23(18)26/h2-14H,1H3. The van der Waals surface area contributed by atoms with Gasteiger partial charge in [0.25, 0.3) is 0 Å². The van der Waals surface area contributed by atoms with E-state index in [1.54, 1.807) is 0 Å². The average molecular weight is 341 g/mol. The van der Waals surface area contributed by atoms with Gasteiger partial charge in [0.2, 0.25) is 6.71 Å². The quantitative estimate of drug-likeness (QED) is 0.369. The second kappa shape index (κ2) is 4.53. The molecule has 0 amide bonds. The highest BCUT2D eigenvalue weighted by atomic mass is 15.0. The molecule has 5 aromatic rings. The van der Waals surface area contributed by atoms with Crippen molar-refractivity contribution in [1.82, 2.24) is 4.57 Å². The second-order valence-electron chi connectivity index (χ2n) is 7.81. The Bertz CT molecular complexity index is 1440. The molecule has 7 rings (SSSR count). The van der Waals surface area contributed by atoms with E-state index < -0.39 is 0 Å². The molecule has 1 nitrogen and oxygen atoms in total. The summed E-state index contributed by atoms with van der Waals surface area (Å²) in [6.45, 7) is 2.59. The Labute approximate surface area is 158 Å². The van der Waals surface area contributed by atoms with Crippen LogP contribution in [0.5, 0.6) is 0 Å². The highest BCUT2D eigenvalue weighted by Gasteiger charge is 2.41. The summed E-state index contributed by atoms with van der Waals surface area (Å²) in [7, 11) is 0. The van der Waals surface area contributed by atoms with Crippen LogP contribution in [-0.2, 0) is 0 Å². The van der Waals surface area contributed by atoms with Crippen LogP contribution in [0, 0.1) is 6.92 Å². The van der Waals surface area contributed by atoms with Crippen molar-refractivity contribution in [1.29, 1.82) is 0 Å². The van der Waals surface area contributed by atoms with Gasteiger partial charge in [-0.3, -0.25) is 0 Å². The second-order valence-corrected chi connectivity index (χ2v) is 7.81. The van der Waals surface area contributed by atoms with Gasteiger partial charge in [-0.2, -0.15) is 0 Å². The smallest absolute Gasteiger partial charge is 0.248 e. The van der Waals surface area contributed by atoms with E-state index in [0.29, 0.717) is 6.71 Å². The van der Waals surface area contributed by atoms with E-state index in [1.807, 2.05) is 0 Å². The Kier molecular flexibility index (Phi) is 2.33. The van der Waals surface area contributed by atoms with Crippen LogP contribution < -0.4 is 16.4 Å². The van der Waals surface area contributed by atoms with Crippen molar-refractivity contribution >= 4 is 44.9 Å². The molecule has 2 aliphatic rings. The third kappa shape index (κ3) is 1.46. The van der Waals surface area contributed by atoms with Gasteiger partial charge < -0.3 is 4.57 Å². The molecule has 124 valence electrons. The molecule has 3 heterocycles. The van der Waals surface area contributed by atoms with Crippen LogP contribution in [-0.4, -0.2) is 11.3 Å². The normalized spacial score (nSPS) is 13.3. The molecular formula is C25H16BN. The maximum absolute atomic E-state index is 2.52. The first kappa shape index (κ1) is 13.9. The molecule has 0 spiro atoms. The van der Waals surface area contributed by atoms with Crippen molar-refractivity contribution in [3.8, 4) is 16.8 Å². The van der Waals surface area contributed by atoms with Gasteiger partial charge in [0.1, 0.15) is 0 Å². The van der Waals surface area contributed by atoms with E-state index >= 15 is 0 Å². The Morgan fingerprint density at radius 1 is 0.667 bits per heavy atom. The van der Waals surface area contributed by atoms with E-state index in [1.165, 1.54) is 60.6 Å². The number of rotatable bonds is 0. The van der Waals surface area contributed by atoms with Crippen molar-refractivity contribution in [2.24, 2.45) is 0 Å². The van der Waals surface area contributed by atoms with Crippen LogP contribution in [0.3, 0.4) is 0 Å². The van der Waals surface area contributed by atoms with Crippen LogP contribution in [0.25, 0.3) is 38.6 Å².